The SMILES string of the molecule is CCC1(OC(=O)Oc2ccc(C(=O)OC(C(C)C)C(F)(F)C(=O)O)cc2)CCCCC1. The van der Waals surface area contributed by atoms with Gasteiger partial charge >= 0.3 is 24.0 Å². The van der Waals surface area contributed by atoms with Crippen molar-refractivity contribution in [3.8, 4) is 5.75 Å². The zero-order chi connectivity index (χ0) is 23.2. The molecule has 1 N–H and O–H groups in total. The third-order valence-electron chi connectivity index (χ3n) is 5.48. The van der Waals surface area contributed by atoms with Crippen molar-refractivity contribution >= 4 is 18.1 Å². The summed E-state index contributed by atoms with van der Waals surface area (Å²) in [6.07, 6.45) is 2.33. The lowest BCUT2D eigenvalue weighted by Crippen LogP contribution is -2.47. The monoisotopic (exact) mass is 442 g/mol. The zero-order valence-corrected chi connectivity index (χ0v) is 17.9. The molecule has 0 bridgehead atoms. The van der Waals surface area contributed by atoms with Gasteiger partial charge in [-0.25, -0.2) is 14.4 Å². The van der Waals surface area contributed by atoms with Crippen molar-refractivity contribution in [2.24, 2.45) is 5.92 Å². The number of rotatable bonds is 8. The van der Waals surface area contributed by atoms with Crippen molar-refractivity contribution in [3.05, 3.63) is 29.8 Å². The second-order valence-electron chi connectivity index (χ2n) is 8.07. The number of aliphatic carboxylic acids is 1. The molecule has 1 fully saturated rings. The molecule has 9 heteroatoms. The fraction of sp³-hybridized carbons (Fsp3) is 0.591. The molecule has 1 saturated carbocycles. The maximum atomic E-state index is 13.8. The van der Waals surface area contributed by atoms with E-state index < -0.39 is 41.6 Å². The van der Waals surface area contributed by atoms with Crippen LogP contribution in [0.1, 0.15) is 69.7 Å². The van der Waals surface area contributed by atoms with Crippen molar-refractivity contribution in [2.75, 3.05) is 0 Å². The van der Waals surface area contributed by atoms with Gasteiger partial charge in [0.1, 0.15) is 11.4 Å². The Morgan fingerprint density at radius 3 is 2.16 bits per heavy atom. The van der Waals surface area contributed by atoms with E-state index in [1.54, 1.807) is 0 Å². The topological polar surface area (TPSA) is 99.1 Å². The van der Waals surface area contributed by atoms with E-state index in [-0.39, 0.29) is 11.3 Å². The first-order valence-corrected chi connectivity index (χ1v) is 10.3. The van der Waals surface area contributed by atoms with Crippen molar-refractivity contribution in [3.63, 3.8) is 0 Å². The first-order valence-electron chi connectivity index (χ1n) is 10.3. The molecule has 1 aromatic rings. The molecule has 0 heterocycles. The Hall–Kier alpha value is -2.71. The smallest absolute Gasteiger partial charge is 0.477 e. The number of ether oxygens (including phenoxy) is 3. The Balaban J connectivity index is 2.01. The molecule has 1 unspecified atom stereocenters. The lowest BCUT2D eigenvalue weighted by molar-refractivity contribution is -0.187. The van der Waals surface area contributed by atoms with Crippen LogP contribution in [0.25, 0.3) is 0 Å². The third kappa shape index (κ3) is 6.15. The molecule has 0 aliphatic heterocycles. The summed E-state index contributed by atoms with van der Waals surface area (Å²) in [4.78, 5) is 35.2. The second kappa shape index (κ2) is 10.1. The lowest BCUT2D eigenvalue weighted by atomic mass is 9.83. The van der Waals surface area contributed by atoms with Gasteiger partial charge in [-0.1, -0.05) is 27.2 Å². The molecule has 7 nitrogen and oxygen atoms in total. The summed E-state index contributed by atoms with van der Waals surface area (Å²) in [7, 11) is 0. The molecule has 172 valence electrons. The summed E-state index contributed by atoms with van der Waals surface area (Å²) in [5, 5.41) is 8.72. The van der Waals surface area contributed by atoms with Crippen LogP contribution in [0.3, 0.4) is 0 Å². The number of esters is 1. The Morgan fingerprint density at radius 1 is 1.10 bits per heavy atom. The van der Waals surface area contributed by atoms with Crippen LogP contribution >= 0.6 is 0 Å². The van der Waals surface area contributed by atoms with Crippen LogP contribution in [0.5, 0.6) is 5.75 Å². The molecular formula is C22H28F2O7. The minimum absolute atomic E-state index is 0.0927. The highest BCUT2D eigenvalue weighted by molar-refractivity contribution is 5.90. The van der Waals surface area contributed by atoms with Crippen LogP contribution in [0, 0.1) is 5.92 Å². The summed E-state index contributed by atoms with van der Waals surface area (Å²) < 4.78 is 43.2. The van der Waals surface area contributed by atoms with Gasteiger partial charge in [0.25, 0.3) is 0 Å². The molecule has 1 aromatic carbocycles. The molecule has 1 aliphatic rings. The predicted molar refractivity (Wildman–Crippen MR) is 106 cm³/mol. The van der Waals surface area contributed by atoms with Gasteiger partial charge in [-0.05, 0) is 62.3 Å². The first-order chi connectivity index (χ1) is 14.5. The van der Waals surface area contributed by atoms with Gasteiger partial charge < -0.3 is 19.3 Å². The zero-order valence-electron chi connectivity index (χ0n) is 17.9. The summed E-state index contributed by atoms with van der Waals surface area (Å²) >= 11 is 0. The van der Waals surface area contributed by atoms with E-state index in [4.69, 9.17) is 19.3 Å². The van der Waals surface area contributed by atoms with Gasteiger partial charge in [-0.2, -0.15) is 8.78 Å². The number of benzene rings is 1. The average Bonchev–Trinajstić information content (AvgIpc) is 2.72. The number of hydrogen-bond donors (Lipinski definition) is 1. The second-order valence-corrected chi connectivity index (χ2v) is 8.07. The van der Waals surface area contributed by atoms with Crippen LogP contribution in [0.15, 0.2) is 24.3 Å². The first kappa shape index (κ1) is 24.6. The van der Waals surface area contributed by atoms with Crippen molar-refractivity contribution in [1.82, 2.24) is 0 Å². The maximum Gasteiger partial charge on any atom is 0.514 e. The Morgan fingerprint density at radius 2 is 1.68 bits per heavy atom. The number of carbonyl (C=O) groups excluding carboxylic acids is 2. The fourth-order valence-electron chi connectivity index (χ4n) is 3.61. The molecule has 0 spiro atoms. The molecular weight excluding hydrogens is 414 g/mol. The highest BCUT2D eigenvalue weighted by Gasteiger charge is 2.51. The van der Waals surface area contributed by atoms with Gasteiger partial charge in [0.2, 0.25) is 0 Å². The maximum absolute atomic E-state index is 13.8. The normalized spacial score (nSPS) is 17.0. The van der Waals surface area contributed by atoms with Gasteiger partial charge in [0.05, 0.1) is 5.56 Å². The van der Waals surface area contributed by atoms with Gasteiger partial charge in [-0.3, -0.25) is 0 Å². The van der Waals surface area contributed by atoms with Gasteiger partial charge in [0, 0.05) is 0 Å². The molecule has 0 aromatic heterocycles. The van der Waals surface area contributed by atoms with Crippen LogP contribution < -0.4 is 4.74 Å². The van der Waals surface area contributed by atoms with Crippen molar-refractivity contribution in [2.45, 2.75) is 76.9 Å². The fourth-order valence-corrected chi connectivity index (χ4v) is 3.61. The third-order valence-corrected chi connectivity index (χ3v) is 5.48. The molecule has 2 rings (SSSR count). The van der Waals surface area contributed by atoms with Gasteiger partial charge in [-0.15, -0.1) is 0 Å². The molecule has 1 atom stereocenters. The standard InChI is InChI=1S/C22H28F2O7/c1-4-21(12-6-5-7-13-21)31-20(28)29-16-10-8-15(9-11-16)18(25)30-17(14(2)3)22(23,24)19(26)27/h8-11,14,17H,4-7,12-13H2,1-3H3,(H,26,27). The van der Waals surface area contributed by atoms with E-state index in [1.807, 2.05) is 6.92 Å². The number of halogens is 2. The van der Waals surface area contributed by atoms with Crippen LogP contribution in [0.2, 0.25) is 0 Å². The molecule has 0 saturated heterocycles. The van der Waals surface area contributed by atoms with E-state index in [0.29, 0.717) is 6.42 Å². The van der Waals surface area contributed by atoms with Crippen molar-refractivity contribution in [1.29, 1.82) is 0 Å². The quantitative estimate of drug-likeness (QED) is 0.435. The molecule has 31 heavy (non-hydrogen) atoms. The van der Waals surface area contributed by atoms with Crippen LogP contribution in [-0.4, -0.2) is 40.8 Å². The van der Waals surface area contributed by atoms with E-state index in [2.05, 4.69) is 0 Å². The molecule has 0 amide bonds. The lowest BCUT2D eigenvalue weighted by Gasteiger charge is -2.35. The highest BCUT2D eigenvalue weighted by Crippen LogP contribution is 2.35. The number of hydrogen-bond acceptors (Lipinski definition) is 6. The highest BCUT2D eigenvalue weighted by atomic mass is 19.3. The molecule has 0 radical (unpaired) electrons. The number of alkyl halides is 2. The Bertz CT molecular complexity index is 784. The van der Waals surface area contributed by atoms with E-state index in [9.17, 15) is 23.2 Å². The summed E-state index contributed by atoms with van der Waals surface area (Å²) in [5.41, 5.74) is -0.620. The summed E-state index contributed by atoms with van der Waals surface area (Å²) in [6.45, 7) is 4.61. The van der Waals surface area contributed by atoms with E-state index in [1.165, 1.54) is 38.1 Å². The van der Waals surface area contributed by atoms with Gasteiger partial charge in [0.15, 0.2) is 6.10 Å². The van der Waals surface area contributed by atoms with E-state index in [0.717, 1.165) is 32.1 Å². The minimum atomic E-state index is -4.23. The van der Waals surface area contributed by atoms with E-state index >= 15 is 0 Å². The van der Waals surface area contributed by atoms with Crippen LogP contribution in [-0.2, 0) is 14.3 Å². The molecule has 1 aliphatic carbocycles. The largest absolute Gasteiger partial charge is 0.514 e. The predicted octanol–water partition coefficient (Wildman–Crippen LogP) is 5.22. The van der Waals surface area contributed by atoms with Crippen molar-refractivity contribution < 1.29 is 42.5 Å². The summed E-state index contributed by atoms with van der Waals surface area (Å²) in [5.74, 6) is -8.53. The average molecular weight is 442 g/mol. The number of carboxylic acid groups (broad SMARTS) is 1. The Labute approximate surface area is 179 Å². The summed E-state index contributed by atoms with van der Waals surface area (Å²) in [6, 6.07) is 5.07. The van der Waals surface area contributed by atoms with Crippen LogP contribution in [0.4, 0.5) is 13.6 Å². The Kier molecular flexibility index (Phi) is 7.97. The number of carboxylic acids is 1. The number of carbonyl (C=O) groups is 3. The minimum Gasteiger partial charge on any atom is -0.477 e.